The average molecular weight is 348 g/mol. The summed E-state index contributed by atoms with van der Waals surface area (Å²) < 4.78 is 6.79. The third kappa shape index (κ3) is 2.92. The molecule has 2 aromatic rings. The van der Waals surface area contributed by atoms with Crippen LogP contribution in [0.25, 0.3) is 0 Å². The highest BCUT2D eigenvalue weighted by atomic mass is 79.9. The van der Waals surface area contributed by atoms with Gasteiger partial charge in [-0.05, 0) is 59.1 Å². The van der Waals surface area contributed by atoms with E-state index in [4.69, 9.17) is 4.74 Å². The zero-order valence-electron chi connectivity index (χ0n) is 11.9. The fourth-order valence-corrected chi connectivity index (χ4v) is 3.19. The quantitative estimate of drug-likeness (QED) is 0.872. The molecule has 0 fully saturated rings. The lowest BCUT2D eigenvalue weighted by atomic mass is 10.1. The van der Waals surface area contributed by atoms with Gasteiger partial charge in [0.05, 0.1) is 24.1 Å². The van der Waals surface area contributed by atoms with Crippen molar-refractivity contribution in [3.05, 3.63) is 52.5 Å². The van der Waals surface area contributed by atoms with Gasteiger partial charge in [0.1, 0.15) is 5.75 Å². The molecule has 0 saturated heterocycles. The summed E-state index contributed by atoms with van der Waals surface area (Å²) in [5.41, 5.74) is 3.09. The molecule has 1 atom stereocenters. The molecule has 1 N–H and O–H groups in total. The molecule has 110 valence electrons. The SMILES string of the molecule is C[C@@H](O)c1ccc(N2CCCOc3ccccc32)c(Br)c1. The van der Waals surface area contributed by atoms with Crippen molar-refractivity contribution >= 4 is 27.3 Å². The highest BCUT2D eigenvalue weighted by molar-refractivity contribution is 9.10. The number of benzene rings is 2. The Kier molecular flexibility index (Phi) is 4.17. The Labute approximate surface area is 133 Å². The van der Waals surface area contributed by atoms with Crippen molar-refractivity contribution < 1.29 is 9.84 Å². The van der Waals surface area contributed by atoms with Gasteiger partial charge < -0.3 is 14.7 Å². The number of aliphatic hydroxyl groups is 1. The first-order valence-electron chi connectivity index (χ1n) is 7.13. The highest BCUT2D eigenvalue weighted by Crippen LogP contribution is 2.39. The van der Waals surface area contributed by atoms with Gasteiger partial charge in [0.2, 0.25) is 0 Å². The molecule has 0 amide bonds. The molecule has 0 spiro atoms. The van der Waals surface area contributed by atoms with Gasteiger partial charge in [-0.1, -0.05) is 18.2 Å². The minimum atomic E-state index is -0.463. The number of para-hydroxylation sites is 2. The molecular formula is C17H18BrNO2. The lowest BCUT2D eigenvalue weighted by molar-refractivity contribution is 0.199. The Morgan fingerprint density at radius 2 is 2.00 bits per heavy atom. The van der Waals surface area contributed by atoms with Gasteiger partial charge in [0.15, 0.2) is 0 Å². The van der Waals surface area contributed by atoms with Gasteiger partial charge in [0.25, 0.3) is 0 Å². The van der Waals surface area contributed by atoms with Crippen LogP contribution in [-0.4, -0.2) is 18.3 Å². The van der Waals surface area contributed by atoms with Gasteiger partial charge in [-0.25, -0.2) is 0 Å². The first-order valence-corrected chi connectivity index (χ1v) is 7.93. The maximum absolute atomic E-state index is 9.70. The molecule has 3 nitrogen and oxygen atoms in total. The zero-order chi connectivity index (χ0) is 14.8. The minimum absolute atomic E-state index is 0.463. The fraction of sp³-hybridized carbons (Fsp3) is 0.294. The minimum Gasteiger partial charge on any atom is -0.491 e. The molecular weight excluding hydrogens is 330 g/mol. The molecule has 1 aliphatic heterocycles. The lowest BCUT2D eigenvalue weighted by Crippen LogP contribution is -2.18. The smallest absolute Gasteiger partial charge is 0.142 e. The van der Waals surface area contributed by atoms with Crippen LogP contribution in [0.4, 0.5) is 11.4 Å². The first kappa shape index (κ1) is 14.4. The number of hydrogen-bond donors (Lipinski definition) is 1. The molecule has 2 aromatic carbocycles. The molecule has 1 aliphatic rings. The molecule has 1 heterocycles. The highest BCUT2D eigenvalue weighted by Gasteiger charge is 2.19. The fourth-order valence-electron chi connectivity index (χ4n) is 2.58. The van der Waals surface area contributed by atoms with Gasteiger partial charge in [-0.15, -0.1) is 0 Å². The number of fused-ring (bicyclic) bond motifs is 1. The maximum atomic E-state index is 9.70. The Morgan fingerprint density at radius 3 is 2.76 bits per heavy atom. The monoisotopic (exact) mass is 347 g/mol. The third-order valence-electron chi connectivity index (χ3n) is 3.68. The molecule has 4 heteroatoms. The number of ether oxygens (including phenoxy) is 1. The second-order valence-electron chi connectivity index (χ2n) is 5.21. The number of hydrogen-bond acceptors (Lipinski definition) is 3. The Hall–Kier alpha value is -1.52. The summed E-state index contributed by atoms with van der Waals surface area (Å²) in [6, 6.07) is 14.1. The number of anilines is 2. The second-order valence-corrected chi connectivity index (χ2v) is 6.06. The predicted octanol–water partition coefficient (Wildman–Crippen LogP) is 4.42. The van der Waals surface area contributed by atoms with E-state index in [1.54, 1.807) is 6.92 Å². The van der Waals surface area contributed by atoms with E-state index < -0.39 is 6.10 Å². The molecule has 0 radical (unpaired) electrons. The molecule has 0 aromatic heterocycles. The molecule has 0 bridgehead atoms. The van der Waals surface area contributed by atoms with Crippen LogP contribution in [0, 0.1) is 0 Å². The molecule has 0 saturated carbocycles. The molecule has 0 unspecified atom stereocenters. The molecule has 0 aliphatic carbocycles. The summed E-state index contributed by atoms with van der Waals surface area (Å²) in [7, 11) is 0. The van der Waals surface area contributed by atoms with Gasteiger partial charge in [0, 0.05) is 11.0 Å². The number of aliphatic hydroxyl groups excluding tert-OH is 1. The van der Waals surface area contributed by atoms with Crippen LogP contribution in [0.15, 0.2) is 46.9 Å². The van der Waals surface area contributed by atoms with Crippen molar-refractivity contribution in [3.63, 3.8) is 0 Å². The number of rotatable bonds is 2. The van der Waals surface area contributed by atoms with E-state index in [2.05, 4.69) is 26.9 Å². The summed E-state index contributed by atoms with van der Waals surface area (Å²) in [6.07, 6.45) is 0.509. The lowest BCUT2D eigenvalue weighted by Gasteiger charge is -2.25. The summed E-state index contributed by atoms with van der Waals surface area (Å²) in [4.78, 5) is 2.26. The van der Waals surface area contributed by atoms with Crippen LogP contribution < -0.4 is 9.64 Å². The Bertz CT molecular complexity index is 642. The summed E-state index contributed by atoms with van der Waals surface area (Å²) in [6.45, 7) is 3.41. The van der Waals surface area contributed by atoms with Crippen LogP contribution in [0.5, 0.6) is 5.75 Å². The van der Waals surface area contributed by atoms with Crippen molar-refractivity contribution in [2.45, 2.75) is 19.4 Å². The van der Waals surface area contributed by atoms with Gasteiger partial charge in [-0.3, -0.25) is 0 Å². The zero-order valence-corrected chi connectivity index (χ0v) is 13.5. The standard InChI is InChI=1S/C17H18BrNO2/c1-12(20)13-7-8-15(14(18)11-13)19-9-4-10-21-17-6-3-2-5-16(17)19/h2-3,5-8,11-12,20H,4,9-10H2,1H3/t12-/m1/s1. The predicted molar refractivity (Wildman–Crippen MR) is 88.3 cm³/mol. The largest absolute Gasteiger partial charge is 0.491 e. The Morgan fingerprint density at radius 1 is 1.19 bits per heavy atom. The maximum Gasteiger partial charge on any atom is 0.142 e. The number of halogens is 1. The van der Waals surface area contributed by atoms with E-state index in [9.17, 15) is 5.11 Å². The van der Waals surface area contributed by atoms with Crippen LogP contribution in [-0.2, 0) is 0 Å². The average Bonchev–Trinajstić information content (AvgIpc) is 2.69. The van der Waals surface area contributed by atoms with E-state index in [0.717, 1.165) is 46.7 Å². The molecule has 21 heavy (non-hydrogen) atoms. The van der Waals surface area contributed by atoms with E-state index in [1.165, 1.54) is 0 Å². The topological polar surface area (TPSA) is 32.7 Å². The van der Waals surface area contributed by atoms with Crippen LogP contribution in [0.2, 0.25) is 0 Å². The Balaban J connectivity index is 2.04. The van der Waals surface area contributed by atoms with Crippen LogP contribution >= 0.6 is 15.9 Å². The van der Waals surface area contributed by atoms with Crippen molar-refractivity contribution in [2.75, 3.05) is 18.1 Å². The normalized spacial score (nSPS) is 15.9. The van der Waals surface area contributed by atoms with Crippen molar-refractivity contribution in [3.8, 4) is 5.75 Å². The molecule has 3 rings (SSSR count). The van der Waals surface area contributed by atoms with E-state index in [0.29, 0.717) is 0 Å². The van der Waals surface area contributed by atoms with E-state index >= 15 is 0 Å². The second kappa shape index (κ2) is 6.08. The summed E-state index contributed by atoms with van der Waals surface area (Å²) in [5.74, 6) is 0.918. The van der Waals surface area contributed by atoms with Crippen molar-refractivity contribution in [1.29, 1.82) is 0 Å². The van der Waals surface area contributed by atoms with E-state index in [-0.39, 0.29) is 0 Å². The van der Waals surface area contributed by atoms with Gasteiger partial charge in [-0.2, -0.15) is 0 Å². The van der Waals surface area contributed by atoms with Crippen molar-refractivity contribution in [1.82, 2.24) is 0 Å². The number of nitrogens with zero attached hydrogens (tertiary/aromatic N) is 1. The van der Waals surface area contributed by atoms with Crippen molar-refractivity contribution in [2.24, 2.45) is 0 Å². The summed E-state index contributed by atoms with van der Waals surface area (Å²) >= 11 is 3.63. The van der Waals surface area contributed by atoms with Crippen LogP contribution in [0.1, 0.15) is 25.0 Å². The summed E-state index contributed by atoms with van der Waals surface area (Å²) in [5, 5.41) is 9.70. The van der Waals surface area contributed by atoms with Crippen LogP contribution in [0.3, 0.4) is 0 Å². The van der Waals surface area contributed by atoms with E-state index in [1.807, 2.05) is 36.4 Å². The van der Waals surface area contributed by atoms with Gasteiger partial charge >= 0.3 is 0 Å². The first-order chi connectivity index (χ1) is 10.2. The third-order valence-corrected chi connectivity index (χ3v) is 4.32.